The molecule has 0 aromatic heterocycles. The number of piperidine rings is 1. The van der Waals surface area contributed by atoms with E-state index >= 15 is 0 Å². The van der Waals surface area contributed by atoms with E-state index < -0.39 is 5.60 Å². The number of methoxy groups -OCH3 is 1. The minimum Gasteiger partial charge on any atom is -0.497 e. The molecule has 0 saturated carbocycles. The number of hydrogen-bond acceptors (Lipinski definition) is 4. The fourth-order valence-electron chi connectivity index (χ4n) is 2.86. The van der Waals surface area contributed by atoms with E-state index in [2.05, 4.69) is 10.2 Å². The SMILES string of the molecule is COc1cccc([C@]2(O)CCNC[C@H]2CN(C)C)c1. The summed E-state index contributed by atoms with van der Waals surface area (Å²) in [6.07, 6.45) is 0.735. The highest BCUT2D eigenvalue weighted by molar-refractivity contribution is 5.33. The van der Waals surface area contributed by atoms with Crippen molar-refractivity contribution >= 4 is 0 Å². The molecule has 106 valence electrons. The third-order valence-electron chi connectivity index (χ3n) is 3.90. The molecular weight excluding hydrogens is 240 g/mol. The molecule has 1 aliphatic heterocycles. The number of nitrogens with one attached hydrogen (secondary N) is 1. The topological polar surface area (TPSA) is 44.7 Å². The van der Waals surface area contributed by atoms with E-state index in [4.69, 9.17) is 4.74 Å². The van der Waals surface area contributed by atoms with Crippen LogP contribution in [0.4, 0.5) is 0 Å². The van der Waals surface area contributed by atoms with Crippen LogP contribution in [-0.2, 0) is 5.60 Å². The molecule has 4 heteroatoms. The van der Waals surface area contributed by atoms with E-state index in [1.807, 2.05) is 38.4 Å². The van der Waals surface area contributed by atoms with Crippen LogP contribution in [0, 0.1) is 5.92 Å². The van der Waals surface area contributed by atoms with Gasteiger partial charge in [-0.2, -0.15) is 0 Å². The summed E-state index contributed by atoms with van der Waals surface area (Å²) in [6, 6.07) is 7.81. The first-order valence-corrected chi connectivity index (χ1v) is 6.78. The van der Waals surface area contributed by atoms with Crippen LogP contribution >= 0.6 is 0 Å². The average molecular weight is 264 g/mol. The summed E-state index contributed by atoms with van der Waals surface area (Å²) in [7, 11) is 5.74. The average Bonchev–Trinajstić information content (AvgIpc) is 2.41. The lowest BCUT2D eigenvalue weighted by atomic mass is 9.76. The summed E-state index contributed by atoms with van der Waals surface area (Å²) < 4.78 is 5.27. The third-order valence-corrected chi connectivity index (χ3v) is 3.90. The maximum Gasteiger partial charge on any atom is 0.119 e. The molecule has 0 aliphatic carbocycles. The first-order valence-electron chi connectivity index (χ1n) is 6.78. The van der Waals surface area contributed by atoms with Gasteiger partial charge in [0.05, 0.1) is 12.7 Å². The van der Waals surface area contributed by atoms with Crippen LogP contribution < -0.4 is 10.1 Å². The molecule has 0 radical (unpaired) electrons. The molecule has 2 atom stereocenters. The largest absolute Gasteiger partial charge is 0.497 e. The lowest BCUT2D eigenvalue weighted by molar-refractivity contribution is -0.0541. The minimum absolute atomic E-state index is 0.184. The molecular formula is C15H24N2O2. The van der Waals surface area contributed by atoms with E-state index in [-0.39, 0.29) is 5.92 Å². The van der Waals surface area contributed by atoms with Gasteiger partial charge >= 0.3 is 0 Å². The van der Waals surface area contributed by atoms with Crippen molar-refractivity contribution in [1.29, 1.82) is 0 Å². The van der Waals surface area contributed by atoms with Gasteiger partial charge in [0.2, 0.25) is 0 Å². The smallest absolute Gasteiger partial charge is 0.119 e. The van der Waals surface area contributed by atoms with Crippen LogP contribution in [0.2, 0.25) is 0 Å². The second-order valence-corrected chi connectivity index (χ2v) is 5.57. The van der Waals surface area contributed by atoms with Gasteiger partial charge < -0.3 is 20.1 Å². The van der Waals surface area contributed by atoms with Crippen LogP contribution in [0.25, 0.3) is 0 Å². The van der Waals surface area contributed by atoms with Crippen LogP contribution in [0.5, 0.6) is 5.75 Å². The van der Waals surface area contributed by atoms with Gasteiger partial charge in [-0.25, -0.2) is 0 Å². The highest BCUT2D eigenvalue weighted by atomic mass is 16.5. The number of benzene rings is 1. The van der Waals surface area contributed by atoms with Crippen molar-refractivity contribution in [3.05, 3.63) is 29.8 Å². The Morgan fingerprint density at radius 3 is 2.95 bits per heavy atom. The summed E-state index contributed by atoms with van der Waals surface area (Å²) >= 11 is 0. The van der Waals surface area contributed by atoms with E-state index in [0.717, 1.165) is 37.4 Å². The summed E-state index contributed by atoms with van der Waals surface area (Å²) in [6.45, 7) is 2.55. The van der Waals surface area contributed by atoms with Gasteiger partial charge in [0.15, 0.2) is 0 Å². The second kappa shape index (κ2) is 5.90. The van der Waals surface area contributed by atoms with Gasteiger partial charge in [0.1, 0.15) is 5.75 Å². The molecule has 1 aromatic rings. The minimum atomic E-state index is -0.774. The molecule has 19 heavy (non-hydrogen) atoms. The molecule has 1 fully saturated rings. The number of aliphatic hydroxyl groups is 1. The Bertz CT molecular complexity index is 422. The second-order valence-electron chi connectivity index (χ2n) is 5.57. The van der Waals surface area contributed by atoms with Gasteiger partial charge in [0.25, 0.3) is 0 Å². The normalized spacial score (nSPS) is 27.5. The predicted octanol–water partition coefficient (Wildman–Crippen LogP) is 1.05. The standard InChI is InChI=1S/C15H24N2O2/c1-17(2)11-13-10-16-8-7-15(13,18)12-5-4-6-14(9-12)19-3/h4-6,9,13,16,18H,7-8,10-11H2,1-3H3/t13-,15+/m0/s1. The van der Waals surface area contributed by atoms with Crippen LogP contribution in [-0.4, -0.2) is 50.8 Å². The number of ether oxygens (including phenoxy) is 1. The zero-order valence-electron chi connectivity index (χ0n) is 12.0. The van der Waals surface area contributed by atoms with E-state index in [0.29, 0.717) is 0 Å². The zero-order valence-corrected chi connectivity index (χ0v) is 12.0. The molecule has 1 aromatic carbocycles. The van der Waals surface area contributed by atoms with Gasteiger partial charge in [-0.1, -0.05) is 12.1 Å². The first kappa shape index (κ1) is 14.3. The highest BCUT2D eigenvalue weighted by Gasteiger charge is 2.40. The Kier molecular flexibility index (Phi) is 4.45. The molecule has 1 aliphatic rings. The van der Waals surface area contributed by atoms with Crippen molar-refractivity contribution in [2.24, 2.45) is 5.92 Å². The lowest BCUT2D eigenvalue weighted by Gasteiger charge is -2.42. The van der Waals surface area contributed by atoms with Crippen molar-refractivity contribution in [3.63, 3.8) is 0 Å². The van der Waals surface area contributed by atoms with Gasteiger partial charge in [-0.3, -0.25) is 0 Å². The maximum atomic E-state index is 11.1. The Balaban J connectivity index is 2.30. The monoisotopic (exact) mass is 264 g/mol. The zero-order chi connectivity index (χ0) is 13.9. The third kappa shape index (κ3) is 3.08. The summed E-state index contributed by atoms with van der Waals surface area (Å²) in [4.78, 5) is 2.13. The van der Waals surface area contributed by atoms with Crippen molar-refractivity contribution in [3.8, 4) is 5.75 Å². The Morgan fingerprint density at radius 1 is 1.47 bits per heavy atom. The van der Waals surface area contributed by atoms with Gasteiger partial charge in [-0.15, -0.1) is 0 Å². The highest BCUT2D eigenvalue weighted by Crippen LogP contribution is 2.36. The lowest BCUT2D eigenvalue weighted by Crippen LogP contribution is -2.51. The fraction of sp³-hybridized carbons (Fsp3) is 0.600. The number of rotatable bonds is 4. The quantitative estimate of drug-likeness (QED) is 0.853. The van der Waals surface area contributed by atoms with Crippen LogP contribution in [0.15, 0.2) is 24.3 Å². The first-order chi connectivity index (χ1) is 9.06. The molecule has 0 bridgehead atoms. The molecule has 0 amide bonds. The van der Waals surface area contributed by atoms with E-state index in [1.165, 1.54) is 0 Å². The maximum absolute atomic E-state index is 11.1. The molecule has 2 rings (SSSR count). The Morgan fingerprint density at radius 2 is 2.26 bits per heavy atom. The van der Waals surface area contributed by atoms with Gasteiger partial charge in [0, 0.05) is 19.0 Å². The summed E-state index contributed by atoms with van der Waals surface area (Å²) in [5, 5.41) is 14.5. The van der Waals surface area contributed by atoms with E-state index in [9.17, 15) is 5.11 Å². The molecule has 1 saturated heterocycles. The Labute approximate surface area is 115 Å². The molecule has 2 N–H and O–H groups in total. The summed E-state index contributed by atoms with van der Waals surface area (Å²) in [5.74, 6) is 0.983. The van der Waals surface area contributed by atoms with E-state index in [1.54, 1.807) is 7.11 Å². The molecule has 1 heterocycles. The van der Waals surface area contributed by atoms with Crippen molar-refractivity contribution in [1.82, 2.24) is 10.2 Å². The number of hydrogen-bond donors (Lipinski definition) is 2. The molecule has 4 nitrogen and oxygen atoms in total. The number of nitrogens with zero attached hydrogens (tertiary/aromatic N) is 1. The summed E-state index contributed by atoms with van der Waals surface area (Å²) in [5.41, 5.74) is 0.185. The van der Waals surface area contributed by atoms with Crippen molar-refractivity contribution in [2.45, 2.75) is 12.0 Å². The fourth-order valence-corrected chi connectivity index (χ4v) is 2.86. The van der Waals surface area contributed by atoms with Crippen LogP contribution in [0.3, 0.4) is 0 Å². The molecule has 0 unspecified atom stereocenters. The van der Waals surface area contributed by atoms with Crippen molar-refractivity contribution < 1.29 is 9.84 Å². The van der Waals surface area contributed by atoms with Crippen molar-refractivity contribution in [2.75, 3.05) is 40.8 Å². The van der Waals surface area contributed by atoms with Crippen LogP contribution in [0.1, 0.15) is 12.0 Å². The Hall–Kier alpha value is -1.10. The molecule has 0 spiro atoms. The predicted molar refractivity (Wildman–Crippen MR) is 76.4 cm³/mol. The van der Waals surface area contributed by atoms with Gasteiger partial charge in [-0.05, 0) is 44.8 Å².